The molecular weight excluding hydrogens is 340 g/mol. The molecule has 7 heteroatoms. The van der Waals surface area contributed by atoms with E-state index in [0.29, 0.717) is 17.9 Å². The van der Waals surface area contributed by atoms with Gasteiger partial charge in [0.05, 0.1) is 12.1 Å². The number of hydrogen-bond donors (Lipinski definition) is 2. The number of hydrogen-bond acceptors (Lipinski definition) is 5. The van der Waals surface area contributed by atoms with Crippen LogP contribution in [0.3, 0.4) is 0 Å². The van der Waals surface area contributed by atoms with Crippen LogP contribution in [0.4, 0.5) is 5.82 Å². The van der Waals surface area contributed by atoms with Crippen molar-refractivity contribution in [3.63, 3.8) is 0 Å². The van der Waals surface area contributed by atoms with Crippen molar-refractivity contribution in [2.75, 3.05) is 11.9 Å². The van der Waals surface area contributed by atoms with Gasteiger partial charge in [0.25, 0.3) is 5.91 Å². The number of rotatable bonds is 6. The van der Waals surface area contributed by atoms with E-state index in [1.807, 2.05) is 5.38 Å². The summed E-state index contributed by atoms with van der Waals surface area (Å²) in [4.78, 5) is 20.6. The lowest BCUT2D eigenvalue weighted by Crippen LogP contribution is -2.24. The first-order chi connectivity index (χ1) is 9.70. The maximum atomic E-state index is 12.2. The number of anilines is 1. The number of amides is 1. The molecule has 0 aliphatic rings. The molecule has 0 aliphatic heterocycles. The molecule has 0 radical (unpaired) electrons. The van der Waals surface area contributed by atoms with Crippen molar-refractivity contribution >= 4 is 39.0 Å². The SMILES string of the molecule is CCCNc1ncc(Br)cc1C(=O)NCc1nccs1. The van der Waals surface area contributed by atoms with Gasteiger partial charge in [0.1, 0.15) is 10.8 Å². The summed E-state index contributed by atoms with van der Waals surface area (Å²) in [5.74, 6) is 0.444. The van der Waals surface area contributed by atoms with Gasteiger partial charge < -0.3 is 10.6 Å². The van der Waals surface area contributed by atoms with Crippen LogP contribution in [0.5, 0.6) is 0 Å². The Hall–Kier alpha value is -1.47. The van der Waals surface area contributed by atoms with Gasteiger partial charge in [0, 0.05) is 28.8 Å². The maximum Gasteiger partial charge on any atom is 0.255 e. The molecule has 0 aromatic carbocycles. The third-order valence-corrected chi connectivity index (χ3v) is 3.74. The second-order valence-corrected chi connectivity index (χ2v) is 5.98. The van der Waals surface area contributed by atoms with Crippen LogP contribution in [-0.2, 0) is 6.54 Å². The molecule has 1 amide bonds. The number of aromatic nitrogens is 2. The zero-order valence-electron chi connectivity index (χ0n) is 11.0. The first-order valence-electron chi connectivity index (χ1n) is 6.26. The first-order valence-corrected chi connectivity index (χ1v) is 7.94. The van der Waals surface area contributed by atoms with E-state index in [0.717, 1.165) is 22.4 Å². The quantitative estimate of drug-likeness (QED) is 0.836. The molecule has 2 rings (SSSR count). The van der Waals surface area contributed by atoms with Crippen molar-refractivity contribution in [3.8, 4) is 0 Å². The normalized spacial score (nSPS) is 10.3. The number of nitrogens with zero attached hydrogens (tertiary/aromatic N) is 2. The van der Waals surface area contributed by atoms with E-state index >= 15 is 0 Å². The minimum Gasteiger partial charge on any atom is -0.369 e. The molecule has 0 aliphatic carbocycles. The largest absolute Gasteiger partial charge is 0.369 e. The lowest BCUT2D eigenvalue weighted by atomic mass is 10.2. The summed E-state index contributed by atoms with van der Waals surface area (Å²) < 4.78 is 0.777. The van der Waals surface area contributed by atoms with Gasteiger partial charge in [-0.25, -0.2) is 9.97 Å². The van der Waals surface area contributed by atoms with E-state index in [4.69, 9.17) is 0 Å². The predicted molar refractivity (Wildman–Crippen MR) is 84.0 cm³/mol. The summed E-state index contributed by atoms with van der Waals surface area (Å²) in [6.45, 7) is 3.27. The van der Waals surface area contributed by atoms with Crippen molar-refractivity contribution in [1.82, 2.24) is 15.3 Å². The molecule has 0 spiro atoms. The van der Waals surface area contributed by atoms with E-state index < -0.39 is 0 Å². The van der Waals surface area contributed by atoms with Gasteiger partial charge in [-0.05, 0) is 28.4 Å². The van der Waals surface area contributed by atoms with Crippen molar-refractivity contribution in [3.05, 3.63) is 38.9 Å². The van der Waals surface area contributed by atoms with Crippen LogP contribution in [0.15, 0.2) is 28.3 Å². The van der Waals surface area contributed by atoms with Crippen LogP contribution in [0.2, 0.25) is 0 Å². The van der Waals surface area contributed by atoms with E-state index in [9.17, 15) is 4.79 Å². The Labute approximate surface area is 130 Å². The number of pyridine rings is 1. The smallest absolute Gasteiger partial charge is 0.255 e. The summed E-state index contributed by atoms with van der Waals surface area (Å²) in [7, 11) is 0. The van der Waals surface area contributed by atoms with Crippen molar-refractivity contribution in [2.45, 2.75) is 19.9 Å². The Bertz CT molecular complexity index is 574. The Kier molecular flexibility index (Phi) is 5.49. The lowest BCUT2D eigenvalue weighted by molar-refractivity contribution is 0.0951. The molecule has 2 N–H and O–H groups in total. The summed E-state index contributed by atoms with van der Waals surface area (Å²) >= 11 is 4.86. The highest BCUT2D eigenvalue weighted by molar-refractivity contribution is 9.10. The van der Waals surface area contributed by atoms with E-state index in [-0.39, 0.29) is 5.91 Å². The fraction of sp³-hybridized carbons (Fsp3) is 0.308. The third-order valence-electron chi connectivity index (χ3n) is 2.53. The Morgan fingerprint density at radius 2 is 2.30 bits per heavy atom. The van der Waals surface area contributed by atoms with Gasteiger partial charge in [-0.1, -0.05) is 6.92 Å². The van der Waals surface area contributed by atoms with E-state index in [1.165, 1.54) is 11.3 Å². The number of carbonyl (C=O) groups is 1. The first kappa shape index (κ1) is 14.9. The van der Waals surface area contributed by atoms with Crippen molar-refractivity contribution < 1.29 is 4.79 Å². The number of halogens is 1. The fourth-order valence-corrected chi connectivity index (χ4v) is 2.48. The molecule has 0 saturated heterocycles. The predicted octanol–water partition coefficient (Wildman–Crippen LogP) is 3.05. The topological polar surface area (TPSA) is 66.9 Å². The Morgan fingerprint density at radius 1 is 1.45 bits per heavy atom. The molecule has 0 atom stereocenters. The molecule has 0 bridgehead atoms. The second-order valence-electron chi connectivity index (χ2n) is 4.09. The van der Waals surface area contributed by atoms with Crippen molar-refractivity contribution in [1.29, 1.82) is 0 Å². The molecule has 20 heavy (non-hydrogen) atoms. The standard InChI is InChI=1S/C13H15BrN4OS/c1-2-3-16-12-10(6-9(14)7-17-12)13(19)18-8-11-15-4-5-20-11/h4-7H,2-3,8H2,1H3,(H,16,17)(H,18,19). The van der Waals surface area contributed by atoms with Gasteiger partial charge in [-0.2, -0.15) is 0 Å². The third kappa shape index (κ3) is 4.01. The van der Waals surface area contributed by atoms with Crippen LogP contribution in [0.1, 0.15) is 28.7 Å². The summed E-state index contributed by atoms with van der Waals surface area (Å²) in [5.41, 5.74) is 0.532. The summed E-state index contributed by atoms with van der Waals surface area (Å²) in [6, 6.07) is 1.77. The highest BCUT2D eigenvalue weighted by atomic mass is 79.9. The van der Waals surface area contributed by atoms with Gasteiger partial charge in [-0.3, -0.25) is 4.79 Å². The Morgan fingerprint density at radius 3 is 3.00 bits per heavy atom. The summed E-state index contributed by atoms with van der Waals surface area (Å²) in [6.07, 6.45) is 4.37. The summed E-state index contributed by atoms with van der Waals surface area (Å²) in [5, 5.41) is 8.78. The monoisotopic (exact) mass is 354 g/mol. The molecule has 0 saturated carbocycles. The molecule has 0 fully saturated rings. The zero-order chi connectivity index (χ0) is 14.4. The Balaban J connectivity index is 2.08. The average Bonchev–Trinajstić information content (AvgIpc) is 2.96. The van der Waals surface area contributed by atoms with Crippen LogP contribution in [0, 0.1) is 0 Å². The molecule has 0 unspecified atom stereocenters. The van der Waals surface area contributed by atoms with Gasteiger partial charge >= 0.3 is 0 Å². The van der Waals surface area contributed by atoms with Crippen LogP contribution >= 0.6 is 27.3 Å². The highest BCUT2D eigenvalue weighted by Gasteiger charge is 2.13. The van der Waals surface area contributed by atoms with E-state index in [1.54, 1.807) is 18.5 Å². The maximum absolute atomic E-state index is 12.2. The minimum atomic E-state index is -0.160. The van der Waals surface area contributed by atoms with Gasteiger partial charge in [0.15, 0.2) is 0 Å². The second kappa shape index (κ2) is 7.35. The molecule has 2 aromatic heterocycles. The molecule has 2 aromatic rings. The minimum absolute atomic E-state index is 0.160. The molecular formula is C13H15BrN4OS. The average molecular weight is 355 g/mol. The number of carbonyl (C=O) groups excluding carboxylic acids is 1. The number of nitrogens with one attached hydrogen (secondary N) is 2. The number of thiazole rings is 1. The van der Waals surface area contributed by atoms with Crippen LogP contribution in [0.25, 0.3) is 0 Å². The van der Waals surface area contributed by atoms with Gasteiger partial charge in [0.2, 0.25) is 0 Å². The fourth-order valence-electron chi connectivity index (χ4n) is 1.59. The zero-order valence-corrected chi connectivity index (χ0v) is 13.4. The van der Waals surface area contributed by atoms with Crippen LogP contribution in [-0.4, -0.2) is 22.4 Å². The highest BCUT2D eigenvalue weighted by Crippen LogP contribution is 2.18. The van der Waals surface area contributed by atoms with Gasteiger partial charge in [-0.15, -0.1) is 11.3 Å². The molecule has 5 nitrogen and oxygen atoms in total. The van der Waals surface area contributed by atoms with Crippen LogP contribution < -0.4 is 10.6 Å². The molecule has 106 valence electrons. The van der Waals surface area contributed by atoms with E-state index in [2.05, 4.69) is 43.5 Å². The van der Waals surface area contributed by atoms with Crippen molar-refractivity contribution in [2.24, 2.45) is 0 Å². The molecule has 2 heterocycles. The lowest BCUT2D eigenvalue weighted by Gasteiger charge is -2.10.